The minimum atomic E-state index is 0.0709. The molecule has 0 amide bonds. The van der Waals surface area contributed by atoms with Crippen LogP contribution in [0.3, 0.4) is 0 Å². The molecule has 0 fully saturated rings. The van der Waals surface area contributed by atoms with Crippen molar-refractivity contribution in [2.75, 3.05) is 0 Å². The summed E-state index contributed by atoms with van der Waals surface area (Å²) < 4.78 is 0. The van der Waals surface area contributed by atoms with Gasteiger partial charge in [0.2, 0.25) is 0 Å². The maximum Gasteiger partial charge on any atom is 0.198 e. The maximum atomic E-state index is 10.3. The van der Waals surface area contributed by atoms with Crippen molar-refractivity contribution >= 4 is 22.3 Å². The molecule has 25 heavy (non-hydrogen) atoms. The lowest BCUT2D eigenvalue weighted by Gasteiger charge is -2.05. The minimum Gasteiger partial charge on any atom is -0.494 e. The van der Waals surface area contributed by atoms with E-state index in [1.807, 2.05) is 26.0 Å². The van der Waals surface area contributed by atoms with Crippen LogP contribution in [-0.2, 0) is 0 Å². The Balaban J connectivity index is 1.89. The molecular formula is C18H16N6O. The summed E-state index contributed by atoms with van der Waals surface area (Å²) in [5, 5.41) is 17.8. The first kappa shape index (κ1) is 15.1. The molecule has 4 heterocycles. The molecule has 3 N–H and O–H groups in total. The van der Waals surface area contributed by atoms with Gasteiger partial charge in [0.05, 0.1) is 34.9 Å². The van der Waals surface area contributed by atoms with Crippen molar-refractivity contribution in [1.29, 1.82) is 0 Å². The van der Waals surface area contributed by atoms with Crippen LogP contribution in [0.4, 0.5) is 5.69 Å². The topological polar surface area (TPSA) is 103 Å². The van der Waals surface area contributed by atoms with Crippen molar-refractivity contribution in [2.24, 2.45) is 4.99 Å². The molecule has 7 heteroatoms. The number of hydrogen-bond acceptors (Lipinski definition) is 5. The molecule has 4 aromatic heterocycles. The molecule has 0 aliphatic carbocycles. The van der Waals surface area contributed by atoms with Crippen LogP contribution >= 0.6 is 0 Å². The first-order valence-corrected chi connectivity index (χ1v) is 7.79. The van der Waals surface area contributed by atoms with Gasteiger partial charge in [0.15, 0.2) is 5.88 Å². The van der Waals surface area contributed by atoms with E-state index in [2.05, 4.69) is 30.1 Å². The van der Waals surface area contributed by atoms with E-state index in [1.165, 1.54) is 0 Å². The van der Waals surface area contributed by atoms with E-state index in [9.17, 15) is 5.11 Å². The van der Waals surface area contributed by atoms with E-state index in [0.717, 1.165) is 27.7 Å². The summed E-state index contributed by atoms with van der Waals surface area (Å²) >= 11 is 0. The molecule has 7 nitrogen and oxygen atoms in total. The van der Waals surface area contributed by atoms with Crippen LogP contribution in [0.1, 0.15) is 18.1 Å². The number of fused-ring (bicyclic) bond motifs is 1. The average Bonchev–Trinajstić information content (AvgIpc) is 3.21. The second-order valence-corrected chi connectivity index (χ2v) is 5.81. The number of pyridine rings is 2. The van der Waals surface area contributed by atoms with E-state index in [4.69, 9.17) is 0 Å². The van der Waals surface area contributed by atoms with E-state index < -0.39 is 0 Å². The third-order valence-electron chi connectivity index (χ3n) is 4.12. The standard InChI is InChI=1S/C18H16N6O/c1-10-3-4-19-8-14(10)15-5-13-16(9-20-15)24-18(25)17(13)11(2)23-12-6-21-22-7-12/h3-9,24-25H,1-2H3,(H,21,22). The Morgan fingerprint density at radius 3 is 2.88 bits per heavy atom. The van der Waals surface area contributed by atoms with Crippen molar-refractivity contribution in [3.05, 3.63) is 54.2 Å². The summed E-state index contributed by atoms with van der Waals surface area (Å²) in [4.78, 5) is 16.1. The molecule has 0 atom stereocenters. The lowest BCUT2D eigenvalue weighted by Crippen LogP contribution is -1.94. The van der Waals surface area contributed by atoms with Gasteiger partial charge in [-0.05, 0) is 31.5 Å². The molecule has 0 bridgehead atoms. The van der Waals surface area contributed by atoms with Crippen LogP contribution < -0.4 is 0 Å². The van der Waals surface area contributed by atoms with Crippen molar-refractivity contribution in [2.45, 2.75) is 13.8 Å². The molecule has 4 rings (SSSR count). The molecule has 0 aliphatic rings. The van der Waals surface area contributed by atoms with E-state index in [0.29, 0.717) is 17.0 Å². The SMILES string of the molecule is CC(=Nc1cn[nH]c1)c1c(O)[nH]c2cnc(-c3cnccc3C)cc12. The van der Waals surface area contributed by atoms with Gasteiger partial charge in [-0.2, -0.15) is 5.10 Å². The Morgan fingerprint density at radius 2 is 2.12 bits per heavy atom. The van der Waals surface area contributed by atoms with Gasteiger partial charge in [0.1, 0.15) is 5.69 Å². The number of aryl methyl sites for hydroxylation is 1. The number of H-pyrrole nitrogens is 2. The molecule has 0 unspecified atom stereocenters. The van der Waals surface area contributed by atoms with Crippen LogP contribution in [0.25, 0.3) is 22.2 Å². The first-order valence-electron chi connectivity index (χ1n) is 7.79. The predicted octanol–water partition coefficient (Wildman–Crippen LogP) is 3.50. The molecule has 0 spiro atoms. The lowest BCUT2D eigenvalue weighted by atomic mass is 10.0. The van der Waals surface area contributed by atoms with Gasteiger partial charge >= 0.3 is 0 Å². The fourth-order valence-electron chi connectivity index (χ4n) is 2.88. The third kappa shape index (κ3) is 2.65. The Morgan fingerprint density at radius 1 is 1.24 bits per heavy atom. The molecule has 0 saturated heterocycles. The number of aromatic amines is 2. The number of nitrogens with one attached hydrogen (secondary N) is 2. The molecule has 0 radical (unpaired) electrons. The number of aromatic nitrogens is 5. The van der Waals surface area contributed by atoms with Gasteiger partial charge in [0, 0.05) is 29.5 Å². The van der Waals surface area contributed by atoms with Crippen LogP contribution in [0.2, 0.25) is 0 Å². The van der Waals surface area contributed by atoms with E-state index in [1.54, 1.807) is 31.0 Å². The monoisotopic (exact) mass is 332 g/mol. The lowest BCUT2D eigenvalue weighted by molar-refractivity contribution is 0.457. The van der Waals surface area contributed by atoms with E-state index >= 15 is 0 Å². The zero-order valence-electron chi connectivity index (χ0n) is 13.8. The second-order valence-electron chi connectivity index (χ2n) is 5.81. The number of aliphatic imine (C=N–C) groups is 1. The highest BCUT2D eigenvalue weighted by Gasteiger charge is 2.16. The van der Waals surface area contributed by atoms with Crippen LogP contribution in [0.15, 0.2) is 48.1 Å². The number of nitrogens with zero attached hydrogens (tertiary/aromatic N) is 4. The highest BCUT2D eigenvalue weighted by atomic mass is 16.3. The fourth-order valence-corrected chi connectivity index (χ4v) is 2.88. The predicted molar refractivity (Wildman–Crippen MR) is 96.2 cm³/mol. The van der Waals surface area contributed by atoms with Crippen molar-refractivity contribution in [3.63, 3.8) is 0 Å². The summed E-state index contributed by atoms with van der Waals surface area (Å²) in [6, 6.07) is 3.89. The Hall–Kier alpha value is -3.48. The largest absolute Gasteiger partial charge is 0.494 e. The summed E-state index contributed by atoms with van der Waals surface area (Å²) in [5.41, 5.74) is 5.64. The van der Waals surface area contributed by atoms with E-state index in [-0.39, 0.29) is 5.88 Å². The quantitative estimate of drug-likeness (QED) is 0.500. The summed E-state index contributed by atoms with van der Waals surface area (Å²) in [6.07, 6.45) is 8.59. The molecular weight excluding hydrogens is 316 g/mol. The van der Waals surface area contributed by atoms with Crippen LogP contribution in [-0.4, -0.2) is 36.0 Å². The Kier molecular flexibility index (Phi) is 3.53. The number of aromatic hydroxyl groups is 1. The smallest absolute Gasteiger partial charge is 0.198 e. The fraction of sp³-hybridized carbons (Fsp3) is 0.111. The summed E-state index contributed by atoms with van der Waals surface area (Å²) in [7, 11) is 0. The van der Waals surface area contributed by atoms with Crippen LogP contribution in [0, 0.1) is 6.92 Å². The number of rotatable bonds is 3. The normalized spacial score (nSPS) is 12.0. The Bertz CT molecular complexity index is 1080. The molecule has 0 saturated carbocycles. The summed E-state index contributed by atoms with van der Waals surface area (Å²) in [6.45, 7) is 3.87. The Labute approximate surface area is 143 Å². The van der Waals surface area contributed by atoms with Crippen LogP contribution in [0.5, 0.6) is 5.88 Å². The van der Waals surface area contributed by atoms with Gasteiger partial charge in [-0.1, -0.05) is 0 Å². The third-order valence-corrected chi connectivity index (χ3v) is 4.12. The van der Waals surface area contributed by atoms with Gasteiger partial charge in [0.25, 0.3) is 0 Å². The summed E-state index contributed by atoms with van der Waals surface area (Å²) in [5.74, 6) is 0.0709. The molecule has 124 valence electrons. The van der Waals surface area contributed by atoms with Crippen molar-refractivity contribution in [1.82, 2.24) is 25.1 Å². The van der Waals surface area contributed by atoms with Crippen molar-refractivity contribution in [3.8, 4) is 17.1 Å². The highest BCUT2D eigenvalue weighted by molar-refractivity contribution is 6.13. The second kappa shape index (κ2) is 5.86. The minimum absolute atomic E-state index is 0.0709. The zero-order valence-corrected chi connectivity index (χ0v) is 13.8. The molecule has 0 aromatic carbocycles. The average molecular weight is 332 g/mol. The zero-order chi connectivity index (χ0) is 17.4. The first-order chi connectivity index (χ1) is 12.1. The highest BCUT2D eigenvalue weighted by Crippen LogP contribution is 2.31. The molecule has 4 aromatic rings. The van der Waals surface area contributed by atoms with Gasteiger partial charge in [-0.15, -0.1) is 0 Å². The molecule has 0 aliphatic heterocycles. The number of hydrogen-bond donors (Lipinski definition) is 3. The maximum absolute atomic E-state index is 10.3. The van der Waals surface area contributed by atoms with Gasteiger partial charge < -0.3 is 10.1 Å². The van der Waals surface area contributed by atoms with Gasteiger partial charge in [-0.25, -0.2) is 4.99 Å². The van der Waals surface area contributed by atoms with Crippen molar-refractivity contribution < 1.29 is 5.11 Å². The van der Waals surface area contributed by atoms with Gasteiger partial charge in [-0.3, -0.25) is 15.1 Å².